The zero-order chi connectivity index (χ0) is 22.5. The predicted octanol–water partition coefficient (Wildman–Crippen LogP) is 2.59. The largest absolute Gasteiger partial charge is 0.493 e. The molecule has 2 aromatic heterocycles. The van der Waals surface area contributed by atoms with E-state index in [4.69, 9.17) is 19.2 Å². The van der Waals surface area contributed by atoms with Crippen LogP contribution in [0.25, 0.3) is 11.1 Å². The van der Waals surface area contributed by atoms with Crippen LogP contribution in [0.5, 0.6) is 11.5 Å². The molecule has 1 fully saturated rings. The van der Waals surface area contributed by atoms with Crippen molar-refractivity contribution >= 4 is 5.95 Å². The second kappa shape index (κ2) is 9.88. The molecule has 0 aliphatic carbocycles. The molecule has 3 heterocycles. The van der Waals surface area contributed by atoms with Gasteiger partial charge in [-0.1, -0.05) is 12.1 Å². The summed E-state index contributed by atoms with van der Waals surface area (Å²) >= 11 is 0. The number of aromatic nitrogens is 4. The van der Waals surface area contributed by atoms with E-state index in [1.165, 1.54) is 6.33 Å². The molecule has 4 rings (SSSR count). The van der Waals surface area contributed by atoms with Gasteiger partial charge < -0.3 is 19.1 Å². The summed E-state index contributed by atoms with van der Waals surface area (Å²) in [7, 11) is 7.17. The van der Waals surface area contributed by atoms with Crippen LogP contribution in [-0.2, 0) is 11.3 Å². The third-order valence-electron chi connectivity index (χ3n) is 5.41. The van der Waals surface area contributed by atoms with Crippen LogP contribution < -0.4 is 14.4 Å². The lowest BCUT2D eigenvalue weighted by molar-refractivity contribution is -0.0348. The molecule has 32 heavy (non-hydrogen) atoms. The predicted molar refractivity (Wildman–Crippen MR) is 121 cm³/mol. The number of rotatable bonds is 7. The van der Waals surface area contributed by atoms with Crippen molar-refractivity contribution in [2.24, 2.45) is 0 Å². The summed E-state index contributed by atoms with van der Waals surface area (Å²) in [5.41, 5.74) is 3.65. The van der Waals surface area contributed by atoms with Crippen molar-refractivity contribution in [3.63, 3.8) is 0 Å². The lowest BCUT2D eigenvalue weighted by Crippen LogP contribution is -2.38. The Morgan fingerprint density at radius 1 is 1.12 bits per heavy atom. The molecule has 0 spiro atoms. The third-order valence-corrected chi connectivity index (χ3v) is 5.41. The van der Waals surface area contributed by atoms with Gasteiger partial charge in [0, 0.05) is 69.0 Å². The summed E-state index contributed by atoms with van der Waals surface area (Å²) in [5.74, 6) is 2.13. The van der Waals surface area contributed by atoms with Crippen LogP contribution in [0.2, 0.25) is 0 Å². The Hall–Kier alpha value is -3.30. The minimum Gasteiger partial charge on any atom is -0.493 e. The zero-order valence-corrected chi connectivity index (χ0v) is 18.9. The highest BCUT2D eigenvalue weighted by Crippen LogP contribution is 2.34. The molecule has 0 N–H and O–H groups in total. The quantitative estimate of drug-likeness (QED) is 0.555. The minimum absolute atomic E-state index is 0.211. The smallest absolute Gasteiger partial charge is 0.225 e. The van der Waals surface area contributed by atoms with Gasteiger partial charge in [0.15, 0.2) is 11.5 Å². The Morgan fingerprint density at radius 3 is 2.66 bits per heavy atom. The molecule has 1 unspecified atom stereocenters. The Balaban J connectivity index is 1.63. The number of ether oxygens (including phenoxy) is 3. The highest BCUT2D eigenvalue weighted by Gasteiger charge is 2.28. The second-order valence-electron chi connectivity index (χ2n) is 7.74. The molecule has 1 aromatic carbocycles. The molecule has 0 amide bonds. The first-order valence-corrected chi connectivity index (χ1v) is 10.4. The Bertz CT molecular complexity index is 1050. The van der Waals surface area contributed by atoms with E-state index in [0.29, 0.717) is 19.1 Å². The highest BCUT2D eigenvalue weighted by molar-refractivity contribution is 5.64. The van der Waals surface area contributed by atoms with Crippen LogP contribution in [0.1, 0.15) is 17.4 Å². The van der Waals surface area contributed by atoms with E-state index >= 15 is 0 Å². The standard InChI is InChI=1S/C23H28N6O3/c1-28(2)23-26-12-18(17-10-24-15-25-11-17)21(27-23)20-14-29(8-9-32-20)13-16-6-5-7-19(30-3)22(16)31-4/h5-7,10-12,15,20H,8-9,13-14H2,1-4H3. The Morgan fingerprint density at radius 2 is 1.94 bits per heavy atom. The number of anilines is 1. The van der Waals surface area contributed by atoms with E-state index in [1.807, 2.05) is 37.3 Å². The van der Waals surface area contributed by atoms with Crippen molar-refractivity contribution < 1.29 is 14.2 Å². The summed E-state index contributed by atoms with van der Waals surface area (Å²) in [6.07, 6.45) is 6.66. The minimum atomic E-state index is -0.211. The average Bonchev–Trinajstić information content (AvgIpc) is 2.84. The van der Waals surface area contributed by atoms with Crippen LogP contribution in [0.4, 0.5) is 5.95 Å². The van der Waals surface area contributed by atoms with E-state index in [1.54, 1.807) is 26.6 Å². The summed E-state index contributed by atoms with van der Waals surface area (Å²) in [6.45, 7) is 2.82. The summed E-state index contributed by atoms with van der Waals surface area (Å²) in [5, 5.41) is 0. The molecule has 3 aromatic rings. The van der Waals surface area contributed by atoms with E-state index < -0.39 is 0 Å². The number of hydrogen-bond donors (Lipinski definition) is 0. The summed E-state index contributed by atoms with van der Waals surface area (Å²) in [4.78, 5) is 21.9. The normalized spacial score (nSPS) is 16.6. The molecule has 0 radical (unpaired) electrons. The highest BCUT2D eigenvalue weighted by atomic mass is 16.5. The van der Waals surface area contributed by atoms with Crippen molar-refractivity contribution in [3.05, 3.63) is 54.4 Å². The molecule has 1 aliphatic rings. The second-order valence-corrected chi connectivity index (χ2v) is 7.74. The number of methoxy groups -OCH3 is 2. The molecule has 1 aliphatic heterocycles. The maximum atomic E-state index is 6.18. The van der Waals surface area contributed by atoms with Gasteiger partial charge in [-0.15, -0.1) is 0 Å². The fourth-order valence-corrected chi connectivity index (χ4v) is 3.84. The van der Waals surface area contributed by atoms with Gasteiger partial charge in [0.2, 0.25) is 5.95 Å². The van der Waals surface area contributed by atoms with Gasteiger partial charge in [-0.05, 0) is 6.07 Å². The van der Waals surface area contributed by atoms with Gasteiger partial charge >= 0.3 is 0 Å². The van der Waals surface area contributed by atoms with E-state index in [0.717, 1.165) is 47.0 Å². The van der Waals surface area contributed by atoms with Gasteiger partial charge in [-0.25, -0.2) is 19.9 Å². The molecule has 1 atom stereocenters. The fraction of sp³-hybridized carbons (Fsp3) is 0.391. The van der Waals surface area contributed by atoms with E-state index in [-0.39, 0.29) is 6.10 Å². The summed E-state index contributed by atoms with van der Waals surface area (Å²) < 4.78 is 17.3. The maximum Gasteiger partial charge on any atom is 0.225 e. The van der Waals surface area contributed by atoms with Crippen LogP contribution in [0.15, 0.2) is 43.1 Å². The lowest BCUT2D eigenvalue weighted by Gasteiger charge is -2.34. The van der Waals surface area contributed by atoms with Gasteiger partial charge in [-0.2, -0.15) is 0 Å². The average molecular weight is 437 g/mol. The number of hydrogen-bond acceptors (Lipinski definition) is 9. The van der Waals surface area contributed by atoms with Crippen LogP contribution >= 0.6 is 0 Å². The summed E-state index contributed by atoms with van der Waals surface area (Å²) in [6, 6.07) is 5.95. The van der Waals surface area contributed by atoms with Gasteiger partial charge in [0.05, 0.1) is 26.5 Å². The Labute approximate surface area is 188 Å². The van der Waals surface area contributed by atoms with Crippen molar-refractivity contribution in [1.29, 1.82) is 0 Å². The molecular formula is C23H28N6O3. The molecule has 0 saturated carbocycles. The molecule has 9 heteroatoms. The number of para-hydroxylation sites is 1. The van der Waals surface area contributed by atoms with Gasteiger partial charge in [0.25, 0.3) is 0 Å². The first kappa shape index (κ1) is 21.9. The number of benzene rings is 1. The first-order chi connectivity index (χ1) is 15.6. The van der Waals surface area contributed by atoms with E-state index in [2.05, 4.69) is 25.9 Å². The van der Waals surface area contributed by atoms with E-state index in [9.17, 15) is 0 Å². The van der Waals surface area contributed by atoms with Crippen molar-refractivity contribution in [2.45, 2.75) is 12.6 Å². The molecule has 168 valence electrons. The van der Waals surface area contributed by atoms with Crippen molar-refractivity contribution in [3.8, 4) is 22.6 Å². The monoisotopic (exact) mass is 436 g/mol. The third kappa shape index (κ3) is 4.63. The molecule has 0 bridgehead atoms. The lowest BCUT2D eigenvalue weighted by atomic mass is 10.0. The molecular weight excluding hydrogens is 408 g/mol. The maximum absolute atomic E-state index is 6.18. The van der Waals surface area contributed by atoms with Crippen molar-refractivity contribution in [1.82, 2.24) is 24.8 Å². The SMILES string of the molecule is COc1cccc(CN2CCOC(c3nc(N(C)C)ncc3-c3cncnc3)C2)c1OC. The van der Waals surface area contributed by atoms with Crippen molar-refractivity contribution in [2.75, 3.05) is 52.9 Å². The number of nitrogens with zero attached hydrogens (tertiary/aromatic N) is 6. The van der Waals surface area contributed by atoms with Crippen LogP contribution in [-0.4, -0.2) is 72.8 Å². The van der Waals surface area contributed by atoms with Gasteiger partial charge in [0.1, 0.15) is 12.4 Å². The first-order valence-electron chi connectivity index (χ1n) is 10.4. The fourth-order valence-electron chi connectivity index (χ4n) is 3.84. The Kier molecular flexibility index (Phi) is 6.77. The zero-order valence-electron chi connectivity index (χ0n) is 18.9. The van der Waals surface area contributed by atoms with Gasteiger partial charge in [-0.3, -0.25) is 4.90 Å². The topological polar surface area (TPSA) is 85.7 Å². The molecule has 1 saturated heterocycles. The van der Waals surface area contributed by atoms with Crippen LogP contribution in [0.3, 0.4) is 0 Å². The number of morpholine rings is 1. The molecule has 9 nitrogen and oxygen atoms in total. The van der Waals surface area contributed by atoms with Crippen LogP contribution in [0, 0.1) is 0 Å².